The maximum Gasteiger partial charge on any atom is 0.408 e. The van der Waals surface area contributed by atoms with Crippen molar-refractivity contribution in [3.63, 3.8) is 0 Å². The van der Waals surface area contributed by atoms with Gasteiger partial charge in [0.05, 0.1) is 10.8 Å². The molecule has 0 unspecified atom stereocenters. The molecule has 12 nitrogen and oxygen atoms in total. The lowest BCUT2D eigenvalue weighted by Crippen LogP contribution is -2.36. The Morgan fingerprint density at radius 3 is 2.52 bits per heavy atom. The van der Waals surface area contributed by atoms with E-state index in [1.54, 1.807) is 0 Å². The van der Waals surface area contributed by atoms with Crippen LogP contribution in [0.25, 0.3) is 11.4 Å². The molecule has 0 radical (unpaired) electrons. The van der Waals surface area contributed by atoms with Gasteiger partial charge < -0.3 is 25.3 Å². The number of aryl methyl sites for hydroxylation is 1. The van der Waals surface area contributed by atoms with Gasteiger partial charge >= 0.3 is 17.6 Å². The molecule has 2 amide bonds. The third-order valence-electron chi connectivity index (χ3n) is 4.25. The van der Waals surface area contributed by atoms with Crippen LogP contribution in [-0.2, 0) is 11.3 Å². The van der Waals surface area contributed by atoms with Gasteiger partial charge in [-0.1, -0.05) is 46.6 Å². The minimum atomic E-state index is -0.721. The summed E-state index contributed by atoms with van der Waals surface area (Å²) >= 11 is 5.84. The fourth-order valence-electron chi connectivity index (χ4n) is 2.56. The number of carbonyl (C=O) groups excluding carboxylic acids is 2. The van der Waals surface area contributed by atoms with Gasteiger partial charge in [0.15, 0.2) is 5.02 Å². The van der Waals surface area contributed by atoms with E-state index in [1.807, 2.05) is 31.2 Å². The molecule has 0 saturated heterocycles. The van der Waals surface area contributed by atoms with Crippen molar-refractivity contribution in [1.82, 2.24) is 30.6 Å². The van der Waals surface area contributed by atoms with Crippen molar-refractivity contribution >= 4 is 29.2 Å². The highest BCUT2D eigenvalue weighted by molar-refractivity contribution is 6.33. The predicted molar refractivity (Wildman–Crippen MR) is 108 cm³/mol. The highest BCUT2D eigenvalue weighted by Crippen LogP contribution is 2.26. The largest absolute Gasteiger partial charge is 0.408 e. The molecule has 31 heavy (non-hydrogen) atoms. The van der Waals surface area contributed by atoms with E-state index < -0.39 is 22.6 Å². The number of amides is 2. The molecule has 13 heteroatoms. The van der Waals surface area contributed by atoms with Crippen LogP contribution in [0, 0.1) is 24.0 Å². The molecule has 2 N–H and O–H groups in total. The molecule has 0 atom stereocenters. The van der Waals surface area contributed by atoms with Gasteiger partial charge in [-0.05, 0) is 18.8 Å². The molecule has 1 aromatic carbocycles. The molecule has 0 aliphatic rings. The summed E-state index contributed by atoms with van der Waals surface area (Å²) in [5, 5.41) is 23.3. The second-order valence-corrected chi connectivity index (χ2v) is 6.91. The van der Waals surface area contributed by atoms with Crippen LogP contribution in [0.2, 0.25) is 5.02 Å². The van der Waals surface area contributed by atoms with Crippen LogP contribution >= 0.6 is 11.6 Å². The molecule has 162 valence electrons. The zero-order chi connectivity index (χ0) is 22.5. The molecular weight excluding hydrogens is 430 g/mol. The second-order valence-electron chi connectivity index (χ2n) is 6.53. The number of nitrogens with one attached hydrogen (secondary N) is 2. The van der Waals surface area contributed by atoms with E-state index in [0.717, 1.165) is 15.8 Å². The number of hydrogen-bond donors (Lipinski definition) is 2. The fourth-order valence-corrected chi connectivity index (χ4v) is 2.76. The van der Waals surface area contributed by atoms with E-state index in [1.165, 1.54) is 6.92 Å². The Kier molecular flexibility index (Phi) is 6.60. The summed E-state index contributed by atoms with van der Waals surface area (Å²) in [7, 11) is 0. The predicted octanol–water partition coefficient (Wildman–Crippen LogP) is 1.66. The number of hydrogen-bond acceptors (Lipinski definition) is 8. The summed E-state index contributed by atoms with van der Waals surface area (Å²) in [5.74, 6) is -1.45. The lowest BCUT2D eigenvalue weighted by Gasteiger charge is -2.05. The first kappa shape index (κ1) is 21.9. The van der Waals surface area contributed by atoms with E-state index in [-0.39, 0.29) is 30.5 Å². The van der Waals surface area contributed by atoms with Gasteiger partial charge in [0.25, 0.3) is 0 Å². The van der Waals surface area contributed by atoms with Gasteiger partial charge in [-0.2, -0.15) is 9.67 Å². The minimum absolute atomic E-state index is 0.103. The maximum absolute atomic E-state index is 12.1. The highest BCUT2D eigenvalue weighted by atomic mass is 35.5. The normalized spacial score (nSPS) is 10.7. The smallest absolute Gasteiger partial charge is 0.358 e. The standard InChI is InChI=1S/C18H18ClN7O5/c1-10-3-5-12(6-4-10)15-22-18(31-24-15)17(28)21-8-7-20-13(27)9-25-11(2)14(19)16(23-25)26(29)30/h3-6H,7-9H2,1-2H3,(H,20,27)(H,21,28). The van der Waals surface area contributed by atoms with Crippen molar-refractivity contribution in [1.29, 1.82) is 0 Å². The van der Waals surface area contributed by atoms with Gasteiger partial charge in [0.1, 0.15) is 6.54 Å². The SMILES string of the molecule is Cc1ccc(-c2noc(C(=O)NCCNC(=O)Cn3nc([N+](=O)[O-])c(Cl)c3C)n2)cc1. The second kappa shape index (κ2) is 9.34. The number of carbonyl (C=O) groups is 2. The number of benzene rings is 1. The molecule has 0 fully saturated rings. The number of nitrogens with zero attached hydrogens (tertiary/aromatic N) is 5. The Morgan fingerprint density at radius 2 is 1.87 bits per heavy atom. The van der Waals surface area contributed by atoms with Crippen molar-refractivity contribution in [2.75, 3.05) is 13.1 Å². The monoisotopic (exact) mass is 447 g/mol. The number of halogens is 1. The molecule has 0 bridgehead atoms. The molecule has 0 aliphatic heterocycles. The molecule has 0 saturated carbocycles. The van der Waals surface area contributed by atoms with E-state index >= 15 is 0 Å². The van der Waals surface area contributed by atoms with E-state index in [9.17, 15) is 19.7 Å². The van der Waals surface area contributed by atoms with Gasteiger partial charge in [-0.15, -0.1) is 0 Å². The van der Waals surface area contributed by atoms with Gasteiger partial charge in [0.2, 0.25) is 11.7 Å². The van der Waals surface area contributed by atoms with E-state index in [0.29, 0.717) is 11.5 Å². The molecule has 3 aromatic rings. The van der Waals surface area contributed by atoms with Crippen LogP contribution in [0.5, 0.6) is 0 Å². The summed E-state index contributed by atoms with van der Waals surface area (Å²) in [6, 6.07) is 7.43. The Balaban J connectivity index is 1.46. The summed E-state index contributed by atoms with van der Waals surface area (Å²) in [4.78, 5) is 38.3. The first-order valence-corrected chi connectivity index (χ1v) is 9.47. The van der Waals surface area contributed by atoms with Crippen molar-refractivity contribution in [3.8, 4) is 11.4 Å². The first-order valence-electron chi connectivity index (χ1n) is 9.09. The van der Waals surface area contributed by atoms with Crippen LogP contribution in [-0.4, -0.2) is 49.7 Å². The molecule has 0 spiro atoms. The van der Waals surface area contributed by atoms with Crippen molar-refractivity contribution in [3.05, 3.63) is 56.6 Å². The third kappa shape index (κ3) is 5.22. The Labute approximate surface area is 180 Å². The van der Waals surface area contributed by atoms with Crippen LogP contribution in [0.3, 0.4) is 0 Å². The Bertz CT molecular complexity index is 1120. The lowest BCUT2D eigenvalue weighted by atomic mass is 10.1. The number of rotatable bonds is 8. The van der Waals surface area contributed by atoms with E-state index in [2.05, 4.69) is 25.9 Å². The molecule has 3 rings (SSSR count). The van der Waals surface area contributed by atoms with Crippen molar-refractivity contribution < 1.29 is 19.0 Å². The van der Waals surface area contributed by atoms with Crippen molar-refractivity contribution in [2.24, 2.45) is 0 Å². The van der Waals surface area contributed by atoms with Gasteiger partial charge in [-0.25, -0.2) is 0 Å². The molecule has 0 aliphatic carbocycles. The quantitative estimate of drug-likeness (QED) is 0.299. The maximum atomic E-state index is 12.1. The molecular formula is C18H18ClN7O5. The first-order chi connectivity index (χ1) is 14.8. The Hall–Kier alpha value is -3.80. The third-order valence-corrected chi connectivity index (χ3v) is 4.69. The van der Waals surface area contributed by atoms with Crippen molar-refractivity contribution in [2.45, 2.75) is 20.4 Å². The van der Waals surface area contributed by atoms with Crippen LogP contribution < -0.4 is 10.6 Å². The van der Waals surface area contributed by atoms with Gasteiger partial charge in [0, 0.05) is 18.7 Å². The van der Waals surface area contributed by atoms with E-state index in [4.69, 9.17) is 16.1 Å². The lowest BCUT2D eigenvalue weighted by molar-refractivity contribution is -0.389. The molecule has 2 aromatic heterocycles. The van der Waals surface area contributed by atoms with Crippen LogP contribution in [0.4, 0.5) is 5.82 Å². The fraction of sp³-hybridized carbons (Fsp3) is 0.278. The Morgan fingerprint density at radius 1 is 1.19 bits per heavy atom. The summed E-state index contributed by atoms with van der Waals surface area (Å²) in [6.45, 7) is 3.43. The summed E-state index contributed by atoms with van der Waals surface area (Å²) in [5.41, 5.74) is 2.10. The minimum Gasteiger partial charge on any atom is -0.358 e. The zero-order valence-corrected chi connectivity index (χ0v) is 17.3. The average molecular weight is 448 g/mol. The summed E-state index contributed by atoms with van der Waals surface area (Å²) in [6.07, 6.45) is 0. The van der Waals surface area contributed by atoms with Crippen LogP contribution in [0.15, 0.2) is 28.8 Å². The topological polar surface area (TPSA) is 158 Å². The number of aromatic nitrogens is 4. The van der Waals surface area contributed by atoms with Gasteiger partial charge in [-0.3, -0.25) is 9.59 Å². The average Bonchev–Trinajstić information content (AvgIpc) is 3.33. The number of nitro groups is 1. The zero-order valence-electron chi connectivity index (χ0n) is 16.6. The summed E-state index contributed by atoms with van der Waals surface area (Å²) < 4.78 is 6.11. The highest BCUT2D eigenvalue weighted by Gasteiger charge is 2.25. The molecule has 2 heterocycles. The van der Waals surface area contributed by atoms with Crippen LogP contribution in [0.1, 0.15) is 21.9 Å².